The molecule has 0 spiro atoms. The molecule has 0 aliphatic rings. The zero-order valence-corrected chi connectivity index (χ0v) is 11.4. The number of nitrogens with two attached hydrogens (primary N) is 1. The fraction of sp³-hybridized carbons (Fsp3) is 0.300. The number of hydrogen-bond donors (Lipinski definition) is 3. The van der Waals surface area contributed by atoms with E-state index in [0.717, 1.165) is 4.31 Å². The quantitative estimate of drug-likeness (QED) is 0.539. The van der Waals surface area contributed by atoms with E-state index in [9.17, 15) is 13.2 Å². The minimum Gasteiger partial charge on any atom is -0.480 e. The highest BCUT2D eigenvalue weighted by atomic mass is 32.2. The van der Waals surface area contributed by atoms with Crippen molar-refractivity contribution in [3.63, 3.8) is 0 Å². The number of carbonyl (C=O) groups is 1. The van der Waals surface area contributed by atoms with Crippen LogP contribution in [0.1, 0.15) is 0 Å². The SMILES string of the molecule is CN(c1cccc(N)c1)S(=O)(=O)C(CS)C(=O)O. The average Bonchev–Trinajstić information content (AvgIpc) is 2.27. The molecule has 0 aliphatic carbocycles. The van der Waals surface area contributed by atoms with Crippen molar-refractivity contribution >= 4 is 40.0 Å². The summed E-state index contributed by atoms with van der Waals surface area (Å²) in [4.78, 5) is 10.9. The van der Waals surface area contributed by atoms with Crippen molar-refractivity contribution < 1.29 is 18.3 Å². The summed E-state index contributed by atoms with van der Waals surface area (Å²) < 4.78 is 25.0. The van der Waals surface area contributed by atoms with E-state index in [1.165, 1.54) is 19.2 Å². The fourth-order valence-electron chi connectivity index (χ4n) is 1.36. The van der Waals surface area contributed by atoms with Crippen molar-refractivity contribution in [1.29, 1.82) is 0 Å². The highest BCUT2D eigenvalue weighted by molar-refractivity contribution is 7.95. The number of carboxylic acids is 1. The van der Waals surface area contributed by atoms with Gasteiger partial charge in [0.05, 0.1) is 5.69 Å². The van der Waals surface area contributed by atoms with Crippen LogP contribution in [0.5, 0.6) is 0 Å². The molecule has 0 amide bonds. The van der Waals surface area contributed by atoms with Crippen LogP contribution < -0.4 is 10.0 Å². The molecule has 18 heavy (non-hydrogen) atoms. The van der Waals surface area contributed by atoms with Gasteiger partial charge in [0.1, 0.15) is 0 Å². The summed E-state index contributed by atoms with van der Waals surface area (Å²) in [5.74, 6) is -1.73. The molecular formula is C10H14N2O4S2. The Hall–Kier alpha value is -1.41. The molecule has 0 saturated carbocycles. The molecule has 1 aromatic carbocycles. The lowest BCUT2D eigenvalue weighted by atomic mass is 10.3. The van der Waals surface area contributed by atoms with Gasteiger partial charge in [-0.15, -0.1) is 0 Å². The van der Waals surface area contributed by atoms with Gasteiger partial charge < -0.3 is 10.8 Å². The second kappa shape index (κ2) is 5.49. The summed E-state index contributed by atoms with van der Waals surface area (Å²) >= 11 is 3.76. The van der Waals surface area contributed by atoms with Crippen LogP contribution in [0.15, 0.2) is 24.3 Å². The highest BCUT2D eigenvalue weighted by Crippen LogP contribution is 2.21. The number of rotatable bonds is 5. The Balaban J connectivity index is 3.16. The third-order valence-corrected chi connectivity index (χ3v) is 5.09. The maximum Gasteiger partial charge on any atom is 0.324 e. The van der Waals surface area contributed by atoms with E-state index in [4.69, 9.17) is 10.8 Å². The Morgan fingerprint density at radius 2 is 2.17 bits per heavy atom. The molecule has 8 heteroatoms. The van der Waals surface area contributed by atoms with E-state index in [1.54, 1.807) is 12.1 Å². The smallest absolute Gasteiger partial charge is 0.324 e. The second-order valence-electron chi connectivity index (χ2n) is 3.62. The third-order valence-electron chi connectivity index (χ3n) is 2.42. The molecule has 0 heterocycles. The standard InChI is InChI=1S/C10H14N2O4S2/c1-12(8-4-2-3-7(11)5-8)18(15,16)9(6-17)10(13)14/h2-5,9,17H,6,11H2,1H3,(H,13,14). The first-order valence-electron chi connectivity index (χ1n) is 4.97. The summed E-state index contributed by atoms with van der Waals surface area (Å²) in [6.07, 6.45) is 0. The van der Waals surface area contributed by atoms with Gasteiger partial charge in [0.25, 0.3) is 0 Å². The van der Waals surface area contributed by atoms with Gasteiger partial charge >= 0.3 is 5.97 Å². The molecule has 1 aromatic rings. The number of carboxylic acid groups (broad SMARTS) is 1. The average molecular weight is 290 g/mol. The number of thiol groups is 1. The molecule has 0 fully saturated rings. The first kappa shape index (κ1) is 14.7. The maximum absolute atomic E-state index is 12.1. The molecule has 3 N–H and O–H groups in total. The lowest BCUT2D eigenvalue weighted by molar-refractivity contribution is -0.136. The predicted molar refractivity (Wildman–Crippen MR) is 73.5 cm³/mol. The zero-order valence-electron chi connectivity index (χ0n) is 9.65. The van der Waals surface area contributed by atoms with E-state index in [2.05, 4.69) is 12.6 Å². The monoisotopic (exact) mass is 290 g/mol. The van der Waals surface area contributed by atoms with Crippen molar-refractivity contribution in [1.82, 2.24) is 0 Å². The highest BCUT2D eigenvalue weighted by Gasteiger charge is 2.35. The first-order valence-corrected chi connectivity index (χ1v) is 7.11. The van der Waals surface area contributed by atoms with E-state index < -0.39 is 21.2 Å². The molecule has 6 nitrogen and oxygen atoms in total. The van der Waals surface area contributed by atoms with Gasteiger partial charge in [0.15, 0.2) is 5.25 Å². The Labute approximate surface area is 111 Å². The van der Waals surface area contributed by atoms with Crippen LogP contribution in [0.2, 0.25) is 0 Å². The van der Waals surface area contributed by atoms with Crippen molar-refractivity contribution in [2.24, 2.45) is 0 Å². The number of nitrogen functional groups attached to an aromatic ring is 1. The molecule has 0 radical (unpaired) electrons. The normalized spacial score (nSPS) is 13.0. The maximum atomic E-state index is 12.1. The summed E-state index contributed by atoms with van der Waals surface area (Å²) in [6.45, 7) is 0. The Kier molecular flexibility index (Phi) is 4.47. The van der Waals surface area contributed by atoms with E-state index in [0.29, 0.717) is 11.4 Å². The van der Waals surface area contributed by atoms with Crippen molar-refractivity contribution in [3.05, 3.63) is 24.3 Å². The van der Waals surface area contributed by atoms with Gasteiger partial charge in [-0.1, -0.05) is 6.07 Å². The molecule has 0 aliphatic heterocycles. The van der Waals surface area contributed by atoms with Gasteiger partial charge in [-0.05, 0) is 18.2 Å². The molecule has 0 aromatic heterocycles. The number of anilines is 2. The van der Waals surface area contributed by atoms with Crippen LogP contribution in [0, 0.1) is 0 Å². The molecule has 1 atom stereocenters. The topological polar surface area (TPSA) is 101 Å². The zero-order chi connectivity index (χ0) is 13.9. The Bertz CT molecular complexity index is 545. The van der Waals surface area contributed by atoms with Crippen LogP contribution in [0.25, 0.3) is 0 Å². The van der Waals surface area contributed by atoms with Gasteiger partial charge in [-0.3, -0.25) is 9.10 Å². The Morgan fingerprint density at radius 3 is 2.61 bits per heavy atom. The van der Waals surface area contributed by atoms with E-state index in [1.807, 2.05) is 0 Å². The summed E-state index contributed by atoms with van der Waals surface area (Å²) in [5, 5.41) is 7.29. The minimum atomic E-state index is -4.02. The number of aliphatic carboxylic acids is 1. The van der Waals surface area contributed by atoms with Gasteiger partial charge in [-0.2, -0.15) is 12.6 Å². The molecule has 1 rings (SSSR count). The van der Waals surface area contributed by atoms with Crippen molar-refractivity contribution in [2.75, 3.05) is 22.8 Å². The van der Waals surface area contributed by atoms with Crippen molar-refractivity contribution in [2.45, 2.75) is 5.25 Å². The number of sulfonamides is 1. The van der Waals surface area contributed by atoms with Crippen LogP contribution >= 0.6 is 12.6 Å². The third kappa shape index (κ3) is 2.88. The van der Waals surface area contributed by atoms with Crippen molar-refractivity contribution in [3.8, 4) is 0 Å². The van der Waals surface area contributed by atoms with Crippen LogP contribution in [0.4, 0.5) is 11.4 Å². The number of benzene rings is 1. The first-order chi connectivity index (χ1) is 8.30. The van der Waals surface area contributed by atoms with Crippen LogP contribution in [-0.4, -0.2) is 37.5 Å². The van der Waals surface area contributed by atoms with Crippen LogP contribution in [-0.2, 0) is 14.8 Å². The number of hydrogen-bond acceptors (Lipinski definition) is 5. The molecule has 1 unspecified atom stereocenters. The molecule has 100 valence electrons. The van der Waals surface area contributed by atoms with Gasteiger partial charge in [0, 0.05) is 18.5 Å². The van der Waals surface area contributed by atoms with Crippen LogP contribution in [0.3, 0.4) is 0 Å². The lowest BCUT2D eigenvalue weighted by Gasteiger charge is -2.23. The second-order valence-corrected chi connectivity index (χ2v) is 6.13. The minimum absolute atomic E-state index is 0.301. The molecule has 0 bridgehead atoms. The fourth-order valence-corrected chi connectivity index (χ4v) is 3.31. The van der Waals surface area contributed by atoms with Gasteiger partial charge in [0.2, 0.25) is 10.0 Å². The van der Waals surface area contributed by atoms with Gasteiger partial charge in [-0.25, -0.2) is 8.42 Å². The molecule has 0 saturated heterocycles. The summed E-state index contributed by atoms with van der Waals surface area (Å²) in [5.41, 5.74) is 6.26. The summed E-state index contributed by atoms with van der Waals surface area (Å²) in [7, 11) is -2.74. The summed E-state index contributed by atoms with van der Waals surface area (Å²) in [6, 6.07) is 6.19. The largest absolute Gasteiger partial charge is 0.480 e. The lowest BCUT2D eigenvalue weighted by Crippen LogP contribution is -2.42. The van der Waals surface area contributed by atoms with E-state index >= 15 is 0 Å². The van der Waals surface area contributed by atoms with E-state index in [-0.39, 0.29) is 5.75 Å². The number of nitrogens with zero attached hydrogens (tertiary/aromatic N) is 1. The predicted octanol–water partition coefficient (Wildman–Crippen LogP) is 0.418. The Morgan fingerprint density at radius 1 is 1.56 bits per heavy atom. The molecular weight excluding hydrogens is 276 g/mol.